The number of hydrogen-bond donors (Lipinski definition) is 1. The molecule has 0 radical (unpaired) electrons. The van der Waals surface area contributed by atoms with Crippen LogP contribution in [0.5, 0.6) is 0 Å². The van der Waals surface area contributed by atoms with Gasteiger partial charge in [-0.3, -0.25) is 4.79 Å². The van der Waals surface area contributed by atoms with E-state index in [2.05, 4.69) is 16.0 Å². The molecule has 0 aliphatic rings. The Bertz CT molecular complexity index is 808. The Balaban J connectivity index is 2.61. The molecular weight excluding hydrogens is 375 g/mol. The lowest BCUT2D eigenvalue weighted by Crippen LogP contribution is -2.13. The fourth-order valence-corrected chi connectivity index (χ4v) is 3.15. The van der Waals surface area contributed by atoms with Gasteiger partial charge in [0.1, 0.15) is 16.7 Å². The molecule has 0 unspecified atom stereocenters. The number of rotatable bonds is 5. The Morgan fingerprint density at radius 3 is 2.65 bits per heavy atom. The third kappa shape index (κ3) is 4.30. The zero-order chi connectivity index (χ0) is 17.0. The van der Waals surface area contributed by atoms with Crippen LogP contribution in [0.2, 0.25) is 10.0 Å². The van der Waals surface area contributed by atoms with Crippen LogP contribution in [0.25, 0.3) is 11.3 Å². The highest BCUT2D eigenvalue weighted by atomic mass is 35.5. The van der Waals surface area contributed by atoms with Gasteiger partial charge in [-0.15, -0.1) is 0 Å². The van der Waals surface area contributed by atoms with E-state index in [0.29, 0.717) is 31.5 Å². The molecule has 0 aliphatic carbocycles. The SMILES string of the molecule is CSc1nc(SCC(N)=O)c(C#N)c(-c2ccc(Cl)c(Cl)c2)n1. The Labute approximate surface area is 151 Å². The standard InChI is InChI=1S/C14H10Cl2N4OS2/c1-22-14-19-12(7-2-3-9(15)10(16)4-7)8(5-17)13(20-14)23-6-11(18)21/h2-4H,6H2,1H3,(H2,18,21). The van der Waals surface area contributed by atoms with Crippen molar-refractivity contribution in [1.29, 1.82) is 5.26 Å². The minimum absolute atomic E-state index is 0.0281. The maximum atomic E-state index is 11.0. The third-order valence-corrected chi connectivity index (χ3v) is 4.98. The van der Waals surface area contributed by atoms with Crippen LogP contribution in [-0.2, 0) is 4.79 Å². The van der Waals surface area contributed by atoms with E-state index < -0.39 is 5.91 Å². The summed E-state index contributed by atoms with van der Waals surface area (Å²) in [6.45, 7) is 0. The molecule has 0 fully saturated rings. The topological polar surface area (TPSA) is 92.7 Å². The zero-order valence-electron chi connectivity index (χ0n) is 11.8. The van der Waals surface area contributed by atoms with Gasteiger partial charge in [-0.1, -0.05) is 52.8 Å². The molecule has 0 bridgehead atoms. The molecule has 9 heteroatoms. The molecule has 1 aromatic carbocycles. The van der Waals surface area contributed by atoms with Gasteiger partial charge in [0.15, 0.2) is 5.16 Å². The summed E-state index contributed by atoms with van der Waals surface area (Å²) in [7, 11) is 0. The number of halogens is 2. The number of carbonyl (C=O) groups excluding carboxylic acids is 1. The van der Waals surface area contributed by atoms with E-state index in [0.717, 1.165) is 11.8 Å². The molecule has 118 valence electrons. The summed E-state index contributed by atoms with van der Waals surface area (Å²) in [5.41, 5.74) is 6.53. The van der Waals surface area contributed by atoms with Crippen molar-refractivity contribution in [1.82, 2.24) is 9.97 Å². The smallest absolute Gasteiger partial charge is 0.227 e. The van der Waals surface area contributed by atoms with E-state index >= 15 is 0 Å². The van der Waals surface area contributed by atoms with Crippen molar-refractivity contribution in [3.63, 3.8) is 0 Å². The van der Waals surface area contributed by atoms with Crippen LogP contribution in [-0.4, -0.2) is 27.9 Å². The number of aromatic nitrogens is 2. The van der Waals surface area contributed by atoms with Gasteiger partial charge >= 0.3 is 0 Å². The minimum Gasteiger partial charge on any atom is -0.369 e. The van der Waals surface area contributed by atoms with E-state index in [1.807, 2.05) is 6.26 Å². The Kier molecular flexibility index (Phi) is 6.13. The van der Waals surface area contributed by atoms with Gasteiger partial charge in [-0.05, 0) is 18.4 Å². The molecule has 1 aromatic heterocycles. The van der Waals surface area contributed by atoms with E-state index in [1.165, 1.54) is 11.8 Å². The van der Waals surface area contributed by atoms with Crippen LogP contribution in [0.15, 0.2) is 28.4 Å². The number of nitriles is 1. The summed E-state index contributed by atoms with van der Waals surface area (Å²) in [6.07, 6.45) is 1.82. The van der Waals surface area contributed by atoms with Crippen LogP contribution >= 0.6 is 46.7 Å². The number of primary amides is 1. The Hall–Kier alpha value is -1.46. The Morgan fingerprint density at radius 2 is 2.09 bits per heavy atom. The average molecular weight is 385 g/mol. The van der Waals surface area contributed by atoms with Gasteiger partial charge in [0.05, 0.1) is 21.5 Å². The van der Waals surface area contributed by atoms with Gasteiger partial charge < -0.3 is 5.73 Å². The van der Waals surface area contributed by atoms with Crippen LogP contribution < -0.4 is 5.73 Å². The molecule has 0 saturated carbocycles. The minimum atomic E-state index is -0.487. The van der Waals surface area contributed by atoms with Gasteiger partial charge in [0.2, 0.25) is 5.91 Å². The number of nitrogens with zero attached hydrogens (tertiary/aromatic N) is 3. The highest BCUT2D eigenvalue weighted by molar-refractivity contribution is 8.00. The summed E-state index contributed by atoms with van der Waals surface area (Å²) in [4.78, 5) is 19.7. The molecule has 0 atom stereocenters. The normalized spacial score (nSPS) is 10.3. The molecule has 1 heterocycles. The van der Waals surface area contributed by atoms with Gasteiger partial charge in [-0.25, -0.2) is 9.97 Å². The second-order valence-electron chi connectivity index (χ2n) is 4.23. The molecule has 0 saturated heterocycles. The second kappa shape index (κ2) is 7.88. The first-order chi connectivity index (χ1) is 11.0. The number of amides is 1. The molecule has 23 heavy (non-hydrogen) atoms. The number of benzene rings is 1. The maximum Gasteiger partial charge on any atom is 0.227 e. The van der Waals surface area contributed by atoms with Crippen molar-refractivity contribution in [2.45, 2.75) is 10.2 Å². The number of hydrogen-bond acceptors (Lipinski definition) is 6. The monoisotopic (exact) mass is 384 g/mol. The Morgan fingerprint density at radius 1 is 1.35 bits per heavy atom. The number of thioether (sulfide) groups is 2. The summed E-state index contributed by atoms with van der Waals surface area (Å²) in [5.74, 6) is -0.459. The predicted octanol–water partition coefficient (Wildman–Crippen LogP) is 3.62. The molecule has 2 aromatic rings. The molecule has 5 nitrogen and oxygen atoms in total. The van der Waals surface area contributed by atoms with E-state index in [1.54, 1.807) is 18.2 Å². The average Bonchev–Trinajstić information content (AvgIpc) is 2.54. The van der Waals surface area contributed by atoms with Crippen molar-refractivity contribution in [3.8, 4) is 17.3 Å². The predicted molar refractivity (Wildman–Crippen MR) is 93.9 cm³/mol. The molecule has 0 spiro atoms. The van der Waals surface area contributed by atoms with Crippen LogP contribution in [0, 0.1) is 11.3 Å². The number of nitrogens with two attached hydrogens (primary N) is 1. The lowest BCUT2D eigenvalue weighted by atomic mass is 10.1. The fraction of sp³-hybridized carbons (Fsp3) is 0.143. The maximum absolute atomic E-state index is 11.0. The molecule has 2 rings (SSSR count). The molecular formula is C14H10Cl2N4OS2. The van der Waals surface area contributed by atoms with E-state index in [9.17, 15) is 10.1 Å². The zero-order valence-corrected chi connectivity index (χ0v) is 15.0. The van der Waals surface area contributed by atoms with Crippen molar-refractivity contribution in [3.05, 3.63) is 33.8 Å². The first-order valence-electron chi connectivity index (χ1n) is 6.19. The largest absolute Gasteiger partial charge is 0.369 e. The molecule has 2 N–H and O–H groups in total. The van der Waals surface area contributed by atoms with Crippen molar-refractivity contribution in [2.75, 3.05) is 12.0 Å². The van der Waals surface area contributed by atoms with Crippen molar-refractivity contribution < 1.29 is 4.79 Å². The summed E-state index contributed by atoms with van der Waals surface area (Å²) < 4.78 is 0. The van der Waals surface area contributed by atoms with Gasteiger partial charge in [-0.2, -0.15) is 5.26 Å². The van der Waals surface area contributed by atoms with Gasteiger partial charge in [0, 0.05) is 5.56 Å². The molecule has 1 amide bonds. The molecule has 0 aliphatic heterocycles. The highest BCUT2D eigenvalue weighted by Gasteiger charge is 2.17. The van der Waals surface area contributed by atoms with E-state index in [-0.39, 0.29) is 11.3 Å². The number of carbonyl (C=O) groups is 1. The van der Waals surface area contributed by atoms with Crippen LogP contribution in [0.4, 0.5) is 0 Å². The van der Waals surface area contributed by atoms with Crippen molar-refractivity contribution >= 4 is 52.6 Å². The quantitative estimate of drug-likeness (QED) is 0.480. The van der Waals surface area contributed by atoms with Crippen LogP contribution in [0.1, 0.15) is 5.56 Å². The fourth-order valence-electron chi connectivity index (χ4n) is 1.71. The van der Waals surface area contributed by atoms with Crippen molar-refractivity contribution in [2.24, 2.45) is 5.73 Å². The summed E-state index contributed by atoms with van der Waals surface area (Å²) in [6, 6.07) is 7.09. The second-order valence-corrected chi connectivity index (χ2v) is 6.79. The summed E-state index contributed by atoms with van der Waals surface area (Å²) in [5, 5.41) is 11.2. The van der Waals surface area contributed by atoms with E-state index in [4.69, 9.17) is 28.9 Å². The first kappa shape index (κ1) is 17.9. The highest BCUT2D eigenvalue weighted by Crippen LogP contribution is 2.33. The lowest BCUT2D eigenvalue weighted by molar-refractivity contribution is -0.115. The summed E-state index contributed by atoms with van der Waals surface area (Å²) >= 11 is 14.4. The third-order valence-electron chi connectivity index (χ3n) is 2.69. The first-order valence-corrected chi connectivity index (χ1v) is 9.15. The van der Waals surface area contributed by atoms with Gasteiger partial charge in [0.25, 0.3) is 0 Å². The van der Waals surface area contributed by atoms with Crippen LogP contribution in [0.3, 0.4) is 0 Å². The lowest BCUT2D eigenvalue weighted by Gasteiger charge is -2.10.